The normalized spacial score (nSPS) is 18.7. The standard InChI is InChI=1S/C11H12N2O/c1-7-8-3-2-4-9(10(8)14-13-7)11(12)5-6-11/h2-4H,5-6,12H2,1H3. The first-order valence-corrected chi connectivity index (χ1v) is 4.85. The van der Waals surface area contributed by atoms with Crippen LogP contribution in [0.2, 0.25) is 0 Å². The summed E-state index contributed by atoms with van der Waals surface area (Å²) in [6, 6.07) is 6.09. The Morgan fingerprint density at radius 3 is 2.93 bits per heavy atom. The van der Waals surface area contributed by atoms with Crippen molar-refractivity contribution in [2.24, 2.45) is 5.73 Å². The number of aromatic nitrogens is 1. The van der Waals surface area contributed by atoms with Crippen LogP contribution in [0, 0.1) is 6.92 Å². The van der Waals surface area contributed by atoms with E-state index in [2.05, 4.69) is 5.16 Å². The van der Waals surface area contributed by atoms with E-state index >= 15 is 0 Å². The first-order chi connectivity index (χ1) is 6.71. The van der Waals surface area contributed by atoms with Crippen LogP contribution in [0.1, 0.15) is 24.1 Å². The van der Waals surface area contributed by atoms with E-state index in [9.17, 15) is 0 Å². The predicted molar refractivity (Wildman–Crippen MR) is 53.8 cm³/mol. The van der Waals surface area contributed by atoms with Gasteiger partial charge in [-0.25, -0.2) is 0 Å². The first-order valence-electron chi connectivity index (χ1n) is 4.85. The van der Waals surface area contributed by atoms with Crippen molar-refractivity contribution < 1.29 is 4.52 Å². The van der Waals surface area contributed by atoms with Crippen LogP contribution in [0.15, 0.2) is 22.7 Å². The van der Waals surface area contributed by atoms with Crippen molar-refractivity contribution in [1.29, 1.82) is 0 Å². The summed E-state index contributed by atoms with van der Waals surface area (Å²) in [5.41, 5.74) is 8.92. The highest BCUT2D eigenvalue weighted by atomic mass is 16.5. The Morgan fingerprint density at radius 2 is 2.21 bits per heavy atom. The van der Waals surface area contributed by atoms with Crippen molar-refractivity contribution in [3.05, 3.63) is 29.5 Å². The zero-order valence-electron chi connectivity index (χ0n) is 8.08. The van der Waals surface area contributed by atoms with Crippen LogP contribution in [-0.4, -0.2) is 5.16 Å². The highest BCUT2D eigenvalue weighted by Crippen LogP contribution is 2.45. The number of rotatable bonds is 1. The van der Waals surface area contributed by atoms with Gasteiger partial charge in [-0.05, 0) is 25.8 Å². The van der Waals surface area contributed by atoms with Gasteiger partial charge in [-0.15, -0.1) is 0 Å². The van der Waals surface area contributed by atoms with E-state index in [1.165, 1.54) is 0 Å². The lowest BCUT2D eigenvalue weighted by atomic mass is 10.0. The van der Waals surface area contributed by atoms with Crippen molar-refractivity contribution in [2.75, 3.05) is 0 Å². The van der Waals surface area contributed by atoms with E-state index in [0.29, 0.717) is 0 Å². The molecule has 1 aromatic heterocycles. The maximum absolute atomic E-state index is 6.16. The van der Waals surface area contributed by atoms with Crippen LogP contribution >= 0.6 is 0 Å². The zero-order valence-corrected chi connectivity index (χ0v) is 8.08. The number of hydrogen-bond donors (Lipinski definition) is 1. The Hall–Kier alpha value is -1.35. The molecule has 1 heterocycles. The maximum atomic E-state index is 6.16. The topological polar surface area (TPSA) is 52.0 Å². The van der Waals surface area contributed by atoms with Gasteiger partial charge in [0, 0.05) is 16.5 Å². The van der Waals surface area contributed by atoms with Gasteiger partial charge < -0.3 is 10.3 Å². The minimum absolute atomic E-state index is 0.147. The molecule has 2 aromatic rings. The van der Waals surface area contributed by atoms with E-state index in [1.54, 1.807) is 0 Å². The van der Waals surface area contributed by atoms with Gasteiger partial charge in [-0.1, -0.05) is 17.3 Å². The Bertz CT molecular complexity index is 497. The van der Waals surface area contributed by atoms with Gasteiger partial charge in [0.05, 0.1) is 5.69 Å². The molecular formula is C11H12N2O. The summed E-state index contributed by atoms with van der Waals surface area (Å²) in [6.45, 7) is 1.95. The first kappa shape index (κ1) is 8.00. The summed E-state index contributed by atoms with van der Waals surface area (Å²) >= 11 is 0. The number of nitrogens with two attached hydrogens (primary N) is 1. The number of aryl methyl sites for hydroxylation is 1. The molecule has 1 aliphatic carbocycles. The second-order valence-corrected chi connectivity index (χ2v) is 4.11. The molecule has 0 unspecified atom stereocenters. The molecule has 0 bridgehead atoms. The lowest BCUT2D eigenvalue weighted by Crippen LogP contribution is -2.18. The monoisotopic (exact) mass is 188 g/mol. The maximum Gasteiger partial charge on any atom is 0.172 e. The third-order valence-corrected chi connectivity index (χ3v) is 3.00. The zero-order chi connectivity index (χ0) is 9.76. The SMILES string of the molecule is Cc1noc2c(C3(N)CC3)cccc12. The fourth-order valence-electron chi connectivity index (χ4n) is 1.88. The lowest BCUT2D eigenvalue weighted by Gasteiger charge is -2.07. The molecule has 0 aliphatic heterocycles. The summed E-state index contributed by atoms with van der Waals surface area (Å²) < 4.78 is 5.32. The van der Waals surface area contributed by atoms with Crippen LogP contribution in [0.4, 0.5) is 0 Å². The molecular weight excluding hydrogens is 176 g/mol. The van der Waals surface area contributed by atoms with Gasteiger partial charge in [-0.2, -0.15) is 0 Å². The van der Waals surface area contributed by atoms with Crippen molar-refractivity contribution in [3.8, 4) is 0 Å². The van der Waals surface area contributed by atoms with E-state index in [-0.39, 0.29) is 5.54 Å². The molecule has 3 rings (SSSR count). The fraction of sp³-hybridized carbons (Fsp3) is 0.364. The fourth-order valence-corrected chi connectivity index (χ4v) is 1.88. The van der Waals surface area contributed by atoms with Crippen LogP contribution in [0.3, 0.4) is 0 Å². The average molecular weight is 188 g/mol. The molecule has 3 heteroatoms. The third-order valence-electron chi connectivity index (χ3n) is 3.00. The van der Waals surface area contributed by atoms with E-state index in [0.717, 1.165) is 35.1 Å². The van der Waals surface area contributed by atoms with Gasteiger partial charge in [-0.3, -0.25) is 0 Å². The number of nitrogens with zero attached hydrogens (tertiary/aromatic N) is 1. The smallest absolute Gasteiger partial charge is 0.172 e. The summed E-state index contributed by atoms with van der Waals surface area (Å²) in [7, 11) is 0. The quantitative estimate of drug-likeness (QED) is 0.745. The van der Waals surface area contributed by atoms with Crippen molar-refractivity contribution >= 4 is 11.0 Å². The second kappa shape index (κ2) is 2.36. The molecule has 0 saturated heterocycles. The van der Waals surface area contributed by atoms with Crippen LogP contribution in [0.25, 0.3) is 11.0 Å². The number of para-hydroxylation sites is 1. The summed E-state index contributed by atoms with van der Waals surface area (Å²) in [4.78, 5) is 0. The number of fused-ring (bicyclic) bond motifs is 1. The van der Waals surface area contributed by atoms with Crippen molar-refractivity contribution in [2.45, 2.75) is 25.3 Å². The molecule has 1 aliphatic rings. The van der Waals surface area contributed by atoms with Crippen molar-refractivity contribution in [3.63, 3.8) is 0 Å². The highest BCUT2D eigenvalue weighted by Gasteiger charge is 2.42. The molecule has 3 nitrogen and oxygen atoms in total. The van der Waals surface area contributed by atoms with Crippen LogP contribution in [0.5, 0.6) is 0 Å². The number of benzene rings is 1. The summed E-state index contributed by atoms with van der Waals surface area (Å²) in [5.74, 6) is 0. The molecule has 0 radical (unpaired) electrons. The summed E-state index contributed by atoms with van der Waals surface area (Å²) in [5, 5.41) is 5.05. The lowest BCUT2D eigenvalue weighted by molar-refractivity contribution is 0.445. The Balaban J connectivity index is 2.34. The number of hydrogen-bond acceptors (Lipinski definition) is 3. The molecule has 0 spiro atoms. The van der Waals surface area contributed by atoms with Gasteiger partial charge >= 0.3 is 0 Å². The van der Waals surface area contributed by atoms with Gasteiger partial charge in [0.15, 0.2) is 5.58 Å². The third kappa shape index (κ3) is 0.930. The largest absolute Gasteiger partial charge is 0.356 e. The molecule has 1 aromatic carbocycles. The Morgan fingerprint density at radius 1 is 1.43 bits per heavy atom. The summed E-state index contributed by atoms with van der Waals surface area (Å²) in [6.07, 6.45) is 2.09. The van der Waals surface area contributed by atoms with Gasteiger partial charge in [0.2, 0.25) is 0 Å². The molecule has 72 valence electrons. The highest BCUT2D eigenvalue weighted by molar-refractivity contribution is 5.83. The van der Waals surface area contributed by atoms with Gasteiger partial charge in [0.1, 0.15) is 0 Å². The molecule has 0 atom stereocenters. The van der Waals surface area contributed by atoms with Crippen LogP contribution < -0.4 is 5.73 Å². The molecule has 0 amide bonds. The van der Waals surface area contributed by atoms with E-state index in [4.69, 9.17) is 10.3 Å². The predicted octanol–water partition coefficient (Wildman–Crippen LogP) is 2.08. The molecule has 1 fully saturated rings. The Labute approximate surface area is 81.9 Å². The molecule has 1 saturated carbocycles. The van der Waals surface area contributed by atoms with E-state index in [1.807, 2.05) is 25.1 Å². The minimum Gasteiger partial charge on any atom is -0.356 e. The molecule has 14 heavy (non-hydrogen) atoms. The minimum atomic E-state index is -0.147. The second-order valence-electron chi connectivity index (χ2n) is 4.11. The Kier molecular flexibility index (Phi) is 1.35. The van der Waals surface area contributed by atoms with Gasteiger partial charge in [0.25, 0.3) is 0 Å². The van der Waals surface area contributed by atoms with Crippen LogP contribution in [-0.2, 0) is 5.54 Å². The van der Waals surface area contributed by atoms with Crippen molar-refractivity contribution in [1.82, 2.24) is 5.16 Å². The average Bonchev–Trinajstić information content (AvgIpc) is 2.83. The van der Waals surface area contributed by atoms with E-state index < -0.39 is 0 Å². The molecule has 2 N–H and O–H groups in total.